The third-order valence-electron chi connectivity index (χ3n) is 4.64. The third kappa shape index (κ3) is 4.20. The molecule has 0 bridgehead atoms. The largest absolute Gasteiger partial charge is 0.497 e. The van der Waals surface area contributed by atoms with Crippen LogP contribution in [0.1, 0.15) is 23.2 Å². The second-order valence-electron chi connectivity index (χ2n) is 6.44. The lowest BCUT2D eigenvalue weighted by Crippen LogP contribution is -2.46. The Morgan fingerprint density at radius 3 is 2.46 bits per heavy atom. The van der Waals surface area contributed by atoms with Gasteiger partial charge in [-0.05, 0) is 35.4 Å². The van der Waals surface area contributed by atoms with Crippen molar-refractivity contribution in [1.29, 1.82) is 0 Å². The van der Waals surface area contributed by atoms with Crippen molar-refractivity contribution >= 4 is 5.91 Å². The van der Waals surface area contributed by atoms with E-state index in [1.165, 1.54) is 12.1 Å². The molecule has 3 rings (SSSR count). The summed E-state index contributed by atoms with van der Waals surface area (Å²) in [7, 11) is 1.58. The van der Waals surface area contributed by atoms with Gasteiger partial charge in [0.15, 0.2) is 0 Å². The van der Waals surface area contributed by atoms with Crippen LogP contribution in [0.3, 0.4) is 0 Å². The average molecular weight is 359 g/mol. The lowest BCUT2D eigenvalue weighted by molar-refractivity contribution is -0.0605. The number of methoxy groups -OCH3 is 1. The molecular weight excluding hydrogens is 337 g/mol. The normalized spacial score (nSPS) is 16.1. The lowest BCUT2D eigenvalue weighted by Gasteiger charge is -2.32. The number of hydrogen-bond donors (Lipinski definition) is 2. The molecule has 0 atom stereocenters. The van der Waals surface area contributed by atoms with Crippen LogP contribution in [0.25, 0.3) is 11.1 Å². The van der Waals surface area contributed by atoms with Gasteiger partial charge in [-0.2, -0.15) is 0 Å². The van der Waals surface area contributed by atoms with Crippen molar-refractivity contribution in [2.24, 2.45) is 0 Å². The summed E-state index contributed by atoms with van der Waals surface area (Å²) in [4.78, 5) is 12.3. The molecule has 0 saturated carbocycles. The van der Waals surface area contributed by atoms with E-state index in [9.17, 15) is 14.3 Å². The third-order valence-corrected chi connectivity index (χ3v) is 4.64. The van der Waals surface area contributed by atoms with Crippen LogP contribution < -0.4 is 10.1 Å². The highest BCUT2D eigenvalue weighted by Crippen LogP contribution is 2.25. The monoisotopic (exact) mass is 359 g/mol. The Hall–Kier alpha value is -2.44. The van der Waals surface area contributed by atoms with Gasteiger partial charge in [-0.15, -0.1) is 0 Å². The molecule has 1 aliphatic heterocycles. The lowest BCUT2D eigenvalue weighted by atomic mass is 9.94. The van der Waals surface area contributed by atoms with Gasteiger partial charge in [0.25, 0.3) is 5.91 Å². The fraction of sp³-hybridized carbons (Fsp3) is 0.350. The van der Waals surface area contributed by atoms with Crippen LogP contribution in [0.15, 0.2) is 42.5 Å². The molecule has 0 aromatic heterocycles. The molecule has 1 aliphatic rings. The van der Waals surface area contributed by atoms with Gasteiger partial charge in [0.1, 0.15) is 11.6 Å². The van der Waals surface area contributed by atoms with Crippen LogP contribution in [0, 0.1) is 5.82 Å². The van der Waals surface area contributed by atoms with Crippen molar-refractivity contribution in [3.05, 3.63) is 53.8 Å². The van der Waals surface area contributed by atoms with E-state index in [0.29, 0.717) is 31.6 Å². The fourth-order valence-electron chi connectivity index (χ4n) is 2.93. The van der Waals surface area contributed by atoms with E-state index in [-0.39, 0.29) is 12.1 Å². The van der Waals surface area contributed by atoms with E-state index in [1.54, 1.807) is 25.3 Å². The van der Waals surface area contributed by atoms with Crippen LogP contribution in [0.2, 0.25) is 0 Å². The topological polar surface area (TPSA) is 67.8 Å². The summed E-state index contributed by atoms with van der Waals surface area (Å²) in [5.74, 6) is -0.422. The van der Waals surface area contributed by atoms with E-state index in [1.807, 2.05) is 12.1 Å². The van der Waals surface area contributed by atoms with Gasteiger partial charge in [0, 0.05) is 32.6 Å². The first-order valence-electron chi connectivity index (χ1n) is 8.53. The highest BCUT2D eigenvalue weighted by atomic mass is 19.1. The minimum absolute atomic E-state index is 0.0436. The Morgan fingerprint density at radius 2 is 1.85 bits per heavy atom. The molecule has 1 saturated heterocycles. The van der Waals surface area contributed by atoms with Gasteiger partial charge >= 0.3 is 0 Å². The molecule has 2 aromatic rings. The van der Waals surface area contributed by atoms with Gasteiger partial charge in [0.05, 0.1) is 18.3 Å². The van der Waals surface area contributed by atoms with Crippen molar-refractivity contribution in [2.45, 2.75) is 18.4 Å². The van der Waals surface area contributed by atoms with Gasteiger partial charge < -0.3 is 19.9 Å². The van der Waals surface area contributed by atoms with Crippen LogP contribution in [-0.2, 0) is 4.74 Å². The Bertz CT molecular complexity index is 770. The Kier molecular flexibility index (Phi) is 5.54. The standard InChI is InChI=1S/C20H22FNO4/c1-25-16-5-2-14(3-6-16)15-4-7-17(18(21)12-15)19(23)22-13-20(24)8-10-26-11-9-20/h2-7,12,24H,8-11,13H2,1H3,(H,22,23). The van der Waals surface area contributed by atoms with E-state index in [4.69, 9.17) is 9.47 Å². The molecule has 1 fully saturated rings. The predicted octanol–water partition coefficient (Wildman–Crippen LogP) is 2.77. The number of aliphatic hydroxyl groups is 1. The van der Waals surface area contributed by atoms with Crippen molar-refractivity contribution in [2.75, 3.05) is 26.9 Å². The molecule has 0 unspecified atom stereocenters. The number of hydrogen-bond acceptors (Lipinski definition) is 4. The summed E-state index contributed by atoms with van der Waals surface area (Å²) in [5, 5.41) is 13.0. The van der Waals surface area contributed by atoms with Crippen LogP contribution in [-0.4, -0.2) is 43.5 Å². The average Bonchev–Trinajstić information content (AvgIpc) is 2.67. The first-order valence-corrected chi connectivity index (χ1v) is 8.53. The summed E-state index contributed by atoms with van der Waals surface area (Å²) in [5.41, 5.74) is 0.462. The summed E-state index contributed by atoms with van der Waals surface area (Å²) in [6, 6.07) is 11.7. The molecule has 138 valence electrons. The van der Waals surface area contributed by atoms with Crippen molar-refractivity contribution in [3.8, 4) is 16.9 Å². The maximum absolute atomic E-state index is 14.4. The molecule has 2 N–H and O–H groups in total. The summed E-state index contributed by atoms with van der Waals surface area (Å²) in [6.45, 7) is 0.990. The number of benzene rings is 2. The maximum Gasteiger partial charge on any atom is 0.254 e. The second kappa shape index (κ2) is 7.85. The number of ether oxygens (including phenoxy) is 2. The Labute approximate surface area is 151 Å². The second-order valence-corrected chi connectivity index (χ2v) is 6.44. The summed E-state index contributed by atoms with van der Waals surface area (Å²) >= 11 is 0. The van der Waals surface area contributed by atoms with E-state index in [0.717, 1.165) is 11.3 Å². The van der Waals surface area contributed by atoms with Gasteiger partial charge in [-0.25, -0.2) is 4.39 Å². The molecule has 0 spiro atoms. The van der Waals surface area contributed by atoms with Crippen molar-refractivity contribution in [3.63, 3.8) is 0 Å². The quantitative estimate of drug-likeness (QED) is 0.861. The molecular formula is C20H22FNO4. The number of amides is 1. The molecule has 1 heterocycles. The Balaban J connectivity index is 1.69. The zero-order valence-electron chi connectivity index (χ0n) is 14.6. The number of carbonyl (C=O) groups is 1. The first kappa shape index (κ1) is 18.4. The molecule has 2 aromatic carbocycles. The van der Waals surface area contributed by atoms with Crippen LogP contribution in [0.4, 0.5) is 4.39 Å². The maximum atomic E-state index is 14.4. The van der Waals surface area contributed by atoms with Crippen LogP contribution >= 0.6 is 0 Å². The number of carbonyl (C=O) groups excluding carboxylic acids is 1. The smallest absolute Gasteiger partial charge is 0.254 e. The van der Waals surface area contributed by atoms with Crippen molar-refractivity contribution in [1.82, 2.24) is 5.32 Å². The molecule has 5 nitrogen and oxygen atoms in total. The van der Waals surface area contributed by atoms with E-state index >= 15 is 0 Å². The molecule has 1 amide bonds. The molecule has 0 radical (unpaired) electrons. The number of nitrogens with one attached hydrogen (secondary N) is 1. The van der Waals surface area contributed by atoms with E-state index < -0.39 is 17.3 Å². The summed E-state index contributed by atoms with van der Waals surface area (Å²) in [6.07, 6.45) is 0.901. The highest BCUT2D eigenvalue weighted by Gasteiger charge is 2.30. The van der Waals surface area contributed by atoms with Gasteiger partial charge in [-0.1, -0.05) is 18.2 Å². The zero-order valence-corrected chi connectivity index (χ0v) is 14.6. The molecule has 26 heavy (non-hydrogen) atoms. The zero-order chi connectivity index (χ0) is 18.6. The highest BCUT2D eigenvalue weighted by molar-refractivity contribution is 5.95. The van der Waals surface area contributed by atoms with E-state index in [2.05, 4.69) is 5.32 Å². The first-order chi connectivity index (χ1) is 12.5. The van der Waals surface area contributed by atoms with Crippen LogP contribution in [0.5, 0.6) is 5.75 Å². The summed E-state index contributed by atoms with van der Waals surface area (Å²) < 4.78 is 24.7. The number of halogens is 1. The fourth-order valence-corrected chi connectivity index (χ4v) is 2.93. The molecule has 6 heteroatoms. The minimum Gasteiger partial charge on any atom is -0.497 e. The Morgan fingerprint density at radius 1 is 1.19 bits per heavy atom. The minimum atomic E-state index is -0.993. The number of rotatable bonds is 5. The van der Waals surface area contributed by atoms with Crippen molar-refractivity contribution < 1.29 is 23.8 Å². The molecule has 0 aliphatic carbocycles. The van der Waals surface area contributed by atoms with Gasteiger partial charge in [-0.3, -0.25) is 4.79 Å². The SMILES string of the molecule is COc1ccc(-c2ccc(C(=O)NCC3(O)CCOCC3)c(F)c2)cc1. The predicted molar refractivity (Wildman–Crippen MR) is 95.7 cm³/mol. The van der Waals surface area contributed by atoms with Gasteiger partial charge in [0.2, 0.25) is 0 Å².